The smallest absolute Gasteiger partial charge is 0.232 e. The molecule has 0 N–H and O–H groups in total. The van der Waals surface area contributed by atoms with Gasteiger partial charge in [0.2, 0.25) is 17.7 Å². The summed E-state index contributed by atoms with van der Waals surface area (Å²) >= 11 is 0. The largest absolute Gasteiger partial charge is 0.487 e. The highest BCUT2D eigenvalue weighted by Crippen LogP contribution is 2.24. The number of anilines is 1. The van der Waals surface area contributed by atoms with Crippen molar-refractivity contribution < 1.29 is 14.2 Å². The Morgan fingerprint density at radius 1 is 1.17 bits per heavy atom. The first kappa shape index (κ1) is 15.3. The number of nitrogens with zero attached hydrogens (tertiary/aromatic N) is 4. The lowest BCUT2D eigenvalue weighted by atomic mass is 10.1. The highest BCUT2D eigenvalue weighted by Gasteiger charge is 2.24. The minimum absolute atomic E-state index is 0.0775. The molecule has 1 saturated heterocycles. The summed E-state index contributed by atoms with van der Waals surface area (Å²) in [5, 5.41) is 0. The van der Waals surface area contributed by atoms with Gasteiger partial charge in [-0.15, -0.1) is 0 Å². The average Bonchev–Trinajstić information content (AvgIpc) is 2.62. The van der Waals surface area contributed by atoms with Gasteiger partial charge in [0.05, 0.1) is 33.0 Å². The van der Waals surface area contributed by atoms with Gasteiger partial charge in [-0.05, 0) is 25.0 Å². The van der Waals surface area contributed by atoms with Crippen molar-refractivity contribution in [1.82, 2.24) is 15.0 Å². The summed E-state index contributed by atoms with van der Waals surface area (Å²) in [7, 11) is 3.16. The lowest BCUT2D eigenvalue weighted by Gasteiger charge is -2.32. The summed E-state index contributed by atoms with van der Waals surface area (Å²) in [5.74, 6) is 2.36. The van der Waals surface area contributed by atoms with Crippen molar-refractivity contribution in [2.45, 2.75) is 18.9 Å². The summed E-state index contributed by atoms with van der Waals surface area (Å²) < 4.78 is 16.4. The highest BCUT2D eigenvalue weighted by molar-refractivity contribution is 5.37. The molecule has 1 unspecified atom stereocenters. The van der Waals surface area contributed by atoms with Gasteiger partial charge in [-0.1, -0.05) is 0 Å². The molecule has 3 rings (SSSR count). The molecule has 2 aromatic heterocycles. The van der Waals surface area contributed by atoms with E-state index in [-0.39, 0.29) is 6.10 Å². The molecule has 1 aliphatic heterocycles. The van der Waals surface area contributed by atoms with Crippen molar-refractivity contribution in [3.05, 3.63) is 30.6 Å². The Hall–Kier alpha value is -2.57. The number of methoxy groups -OCH3 is 2. The van der Waals surface area contributed by atoms with E-state index < -0.39 is 0 Å². The number of hydrogen-bond acceptors (Lipinski definition) is 7. The third kappa shape index (κ3) is 3.80. The molecule has 0 amide bonds. The second-order valence-corrected chi connectivity index (χ2v) is 5.27. The van der Waals surface area contributed by atoms with Gasteiger partial charge in [0.15, 0.2) is 0 Å². The molecule has 0 spiro atoms. The van der Waals surface area contributed by atoms with Crippen LogP contribution in [0.5, 0.6) is 17.5 Å². The predicted octanol–water partition coefficient (Wildman–Crippen LogP) is 1.94. The summed E-state index contributed by atoms with van der Waals surface area (Å²) in [6.07, 6.45) is 5.54. The Kier molecular flexibility index (Phi) is 4.75. The number of pyridine rings is 1. The zero-order chi connectivity index (χ0) is 16.1. The number of ether oxygens (including phenoxy) is 3. The van der Waals surface area contributed by atoms with E-state index >= 15 is 0 Å². The second kappa shape index (κ2) is 7.13. The van der Waals surface area contributed by atoms with Crippen molar-refractivity contribution in [2.24, 2.45) is 0 Å². The zero-order valence-electron chi connectivity index (χ0n) is 13.3. The van der Waals surface area contributed by atoms with Gasteiger partial charge in [-0.2, -0.15) is 9.97 Å². The first-order chi connectivity index (χ1) is 11.3. The lowest BCUT2D eigenvalue weighted by molar-refractivity contribution is 0.178. The monoisotopic (exact) mass is 316 g/mol. The molecule has 122 valence electrons. The van der Waals surface area contributed by atoms with Crippen molar-refractivity contribution in [3.63, 3.8) is 0 Å². The third-order valence-corrected chi connectivity index (χ3v) is 3.68. The molecule has 0 aromatic carbocycles. The molecule has 3 heterocycles. The van der Waals surface area contributed by atoms with Crippen LogP contribution in [0.2, 0.25) is 0 Å². The minimum Gasteiger partial charge on any atom is -0.487 e. The molecule has 1 fully saturated rings. The maximum Gasteiger partial charge on any atom is 0.232 e. The van der Waals surface area contributed by atoms with Crippen LogP contribution >= 0.6 is 0 Å². The van der Waals surface area contributed by atoms with E-state index in [1.165, 1.54) is 0 Å². The number of aromatic nitrogens is 3. The molecule has 1 aliphatic rings. The molecular weight excluding hydrogens is 296 g/mol. The minimum atomic E-state index is 0.0775. The summed E-state index contributed by atoms with van der Waals surface area (Å²) in [6.45, 7) is 1.59. The molecule has 7 heteroatoms. The van der Waals surface area contributed by atoms with Gasteiger partial charge >= 0.3 is 0 Å². The van der Waals surface area contributed by atoms with Gasteiger partial charge < -0.3 is 19.1 Å². The van der Waals surface area contributed by atoms with Crippen molar-refractivity contribution >= 4 is 5.95 Å². The van der Waals surface area contributed by atoms with Gasteiger partial charge in [-0.3, -0.25) is 4.98 Å². The van der Waals surface area contributed by atoms with Crippen molar-refractivity contribution in [3.8, 4) is 17.5 Å². The predicted molar refractivity (Wildman–Crippen MR) is 85.2 cm³/mol. The maximum atomic E-state index is 6.00. The van der Waals surface area contributed by atoms with Gasteiger partial charge in [0.1, 0.15) is 11.9 Å². The SMILES string of the molecule is COc1cc(OC)nc(N2CCCC(Oc3cccnc3)C2)n1. The molecule has 0 saturated carbocycles. The number of piperidine rings is 1. The number of rotatable bonds is 5. The van der Waals surface area contributed by atoms with Gasteiger partial charge in [-0.25, -0.2) is 0 Å². The lowest BCUT2D eigenvalue weighted by Crippen LogP contribution is -2.42. The van der Waals surface area contributed by atoms with E-state index in [0.717, 1.165) is 25.1 Å². The normalized spacial score (nSPS) is 17.7. The molecule has 2 aromatic rings. The van der Waals surface area contributed by atoms with Crippen LogP contribution in [0.25, 0.3) is 0 Å². The molecule has 1 atom stereocenters. The van der Waals surface area contributed by atoms with E-state index in [2.05, 4.69) is 19.9 Å². The summed E-state index contributed by atoms with van der Waals surface area (Å²) in [6, 6.07) is 5.44. The Bertz CT molecular complexity index is 616. The van der Waals surface area contributed by atoms with Gasteiger partial charge in [0.25, 0.3) is 0 Å². The average molecular weight is 316 g/mol. The van der Waals surface area contributed by atoms with Gasteiger partial charge in [0, 0.05) is 12.7 Å². The van der Waals surface area contributed by atoms with E-state index in [4.69, 9.17) is 14.2 Å². The van der Waals surface area contributed by atoms with Crippen LogP contribution in [0.1, 0.15) is 12.8 Å². The van der Waals surface area contributed by atoms with Crippen molar-refractivity contribution in [2.75, 3.05) is 32.2 Å². The third-order valence-electron chi connectivity index (χ3n) is 3.68. The van der Waals surface area contributed by atoms with Crippen LogP contribution in [-0.2, 0) is 0 Å². The molecule has 7 nitrogen and oxygen atoms in total. The molecule has 0 radical (unpaired) electrons. The van der Waals surface area contributed by atoms with Crippen LogP contribution < -0.4 is 19.1 Å². The van der Waals surface area contributed by atoms with Crippen LogP contribution in [0.15, 0.2) is 30.6 Å². The highest BCUT2D eigenvalue weighted by atomic mass is 16.5. The van der Waals surface area contributed by atoms with E-state index in [9.17, 15) is 0 Å². The Labute approximate surface area is 135 Å². The van der Waals surface area contributed by atoms with Crippen LogP contribution in [0.3, 0.4) is 0 Å². The fourth-order valence-corrected chi connectivity index (χ4v) is 2.57. The molecule has 0 bridgehead atoms. The molecule has 23 heavy (non-hydrogen) atoms. The standard InChI is InChI=1S/C16H20N4O3/c1-21-14-9-15(22-2)19-16(18-14)20-8-4-6-13(11-20)23-12-5-3-7-17-10-12/h3,5,7,9-10,13H,4,6,8,11H2,1-2H3. The number of hydrogen-bond donors (Lipinski definition) is 0. The van der Waals surface area contributed by atoms with Crippen LogP contribution in [0.4, 0.5) is 5.95 Å². The fraction of sp³-hybridized carbons (Fsp3) is 0.438. The maximum absolute atomic E-state index is 6.00. The first-order valence-corrected chi connectivity index (χ1v) is 7.57. The zero-order valence-corrected chi connectivity index (χ0v) is 13.3. The van der Waals surface area contributed by atoms with E-state index in [1.54, 1.807) is 32.7 Å². The summed E-state index contributed by atoms with van der Waals surface area (Å²) in [5.41, 5.74) is 0. The van der Waals surface area contributed by atoms with Crippen LogP contribution in [-0.4, -0.2) is 48.4 Å². The first-order valence-electron chi connectivity index (χ1n) is 7.57. The fourth-order valence-electron chi connectivity index (χ4n) is 2.57. The topological polar surface area (TPSA) is 69.6 Å². The molecular formula is C16H20N4O3. The molecule has 0 aliphatic carbocycles. The Morgan fingerprint density at radius 3 is 2.61 bits per heavy atom. The van der Waals surface area contributed by atoms with Crippen molar-refractivity contribution in [1.29, 1.82) is 0 Å². The Balaban J connectivity index is 1.73. The van der Waals surface area contributed by atoms with E-state index in [0.29, 0.717) is 24.3 Å². The Morgan fingerprint density at radius 2 is 1.96 bits per heavy atom. The summed E-state index contributed by atoms with van der Waals surface area (Å²) in [4.78, 5) is 15.0. The quantitative estimate of drug-likeness (QED) is 0.835. The van der Waals surface area contributed by atoms with Crippen LogP contribution in [0, 0.1) is 0 Å². The second-order valence-electron chi connectivity index (χ2n) is 5.27. The van der Waals surface area contributed by atoms with E-state index in [1.807, 2.05) is 12.1 Å².